The Hall–Kier alpha value is -0.0800. The van der Waals surface area contributed by atoms with Crippen molar-refractivity contribution in [3.05, 3.63) is 0 Å². The van der Waals surface area contributed by atoms with Gasteiger partial charge in [0.25, 0.3) is 0 Å². The molecule has 0 amide bonds. The van der Waals surface area contributed by atoms with E-state index >= 15 is 0 Å². The van der Waals surface area contributed by atoms with Crippen molar-refractivity contribution in [2.45, 2.75) is 38.5 Å². The second-order valence-electron chi connectivity index (χ2n) is 5.29. The van der Waals surface area contributed by atoms with Crippen LogP contribution >= 0.6 is 0 Å². The summed E-state index contributed by atoms with van der Waals surface area (Å²) in [4.78, 5) is 0. The van der Waals surface area contributed by atoms with Crippen LogP contribution in [0.1, 0.15) is 38.5 Å². The van der Waals surface area contributed by atoms with Crippen LogP contribution < -0.4 is 10.6 Å². The van der Waals surface area contributed by atoms with Gasteiger partial charge in [0.05, 0.1) is 0 Å². The lowest BCUT2D eigenvalue weighted by atomic mass is 9.83. The molecular formula is C12H24N2. The zero-order chi connectivity index (χ0) is 9.86. The summed E-state index contributed by atoms with van der Waals surface area (Å²) in [6.45, 7) is 3.68. The van der Waals surface area contributed by atoms with Crippen LogP contribution in [0.4, 0.5) is 0 Å². The van der Waals surface area contributed by atoms with Crippen LogP contribution in [0.2, 0.25) is 0 Å². The van der Waals surface area contributed by atoms with Gasteiger partial charge in [-0.25, -0.2) is 0 Å². The second-order valence-corrected chi connectivity index (χ2v) is 5.29. The van der Waals surface area contributed by atoms with Gasteiger partial charge in [-0.3, -0.25) is 0 Å². The highest BCUT2D eigenvalue weighted by Gasteiger charge is 2.41. The summed E-state index contributed by atoms with van der Waals surface area (Å²) in [6, 6.07) is 0. The standard InChI is InChI=1S/C12H24N2/c1-13-9-12(6-7-12)10-14-8-5-11-3-2-4-11/h11,13-14H,2-10H2,1H3. The molecule has 0 heterocycles. The Kier molecular flexibility index (Phi) is 3.45. The minimum atomic E-state index is 0.633. The molecule has 2 saturated carbocycles. The van der Waals surface area contributed by atoms with Gasteiger partial charge in [0.1, 0.15) is 0 Å². The Morgan fingerprint density at radius 1 is 1.21 bits per heavy atom. The molecule has 2 heteroatoms. The summed E-state index contributed by atoms with van der Waals surface area (Å²) < 4.78 is 0. The van der Waals surface area contributed by atoms with Crippen LogP contribution in [0.5, 0.6) is 0 Å². The van der Waals surface area contributed by atoms with E-state index in [1.807, 2.05) is 0 Å². The number of hydrogen-bond donors (Lipinski definition) is 2. The van der Waals surface area contributed by atoms with Gasteiger partial charge in [0.2, 0.25) is 0 Å². The molecule has 2 nitrogen and oxygen atoms in total. The molecule has 2 aliphatic rings. The molecule has 14 heavy (non-hydrogen) atoms. The first-order valence-corrected chi connectivity index (χ1v) is 6.20. The van der Waals surface area contributed by atoms with Crippen molar-refractivity contribution in [2.75, 3.05) is 26.7 Å². The molecule has 0 atom stereocenters. The van der Waals surface area contributed by atoms with Crippen molar-refractivity contribution in [3.8, 4) is 0 Å². The highest BCUT2D eigenvalue weighted by molar-refractivity contribution is 4.96. The third-order valence-electron chi connectivity index (χ3n) is 3.96. The Labute approximate surface area is 87.8 Å². The summed E-state index contributed by atoms with van der Waals surface area (Å²) in [5, 5.41) is 6.93. The van der Waals surface area contributed by atoms with E-state index in [1.54, 1.807) is 0 Å². The molecule has 2 aliphatic carbocycles. The van der Waals surface area contributed by atoms with Gasteiger partial charge in [-0.2, -0.15) is 0 Å². The summed E-state index contributed by atoms with van der Waals surface area (Å²) in [6.07, 6.45) is 8.71. The van der Waals surface area contributed by atoms with Gasteiger partial charge in [-0.05, 0) is 44.2 Å². The zero-order valence-electron chi connectivity index (χ0n) is 9.44. The predicted octanol–water partition coefficient (Wildman–Crippen LogP) is 1.77. The average Bonchev–Trinajstić information content (AvgIpc) is 2.83. The zero-order valence-corrected chi connectivity index (χ0v) is 9.44. The third-order valence-corrected chi connectivity index (χ3v) is 3.96. The maximum atomic E-state index is 3.63. The SMILES string of the molecule is CNCC1(CNCCC2CCC2)CC1. The van der Waals surface area contributed by atoms with E-state index in [0.29, 0.717) is 5.41 Å². The Balaban J connectivity index is 1.49. The normalized spacial score (nSPS) is 24.6. The number of nitrogens with one attached hydrogen (secondary N) is 2. The van der Waals surface area contributed by atoms with Crippen LogP contribution in [0, 0.1) is 11.3 Å². The molecule has 2 N–H and O–H groups in total. The maximum Gasteiger partial charge on any atom is 0.00200 e. The largest absolute Gasteiger partial charge is 0.319 e. The number of hydrogen-bond acceptors (Lipinski definition) is 2. The van der Waals surface area contributed by atoms with E-state index in [0.717, 1.165) is 5.92 Å². The fraction of sp³-hybridized carbons (Fsp3) is 1.00. The fourth-order valence-electron chi connectivity index (χ4n) is 2.41. The van der Waals surface area contributed by atoms with Gasteiger partial charge in [0, 0.05) is 13.1 Å². The van der Waals surface area contributed by atoms with E-state index in [9.17, 15) is 0 Å². The summed E-state index contributed by atoms with van der Waals surface area (Å²) in [5.41, 5.74) is 0.633. The van der Waals surface area contributed by atoms with Gasteiger partial charge in [-0.1, -0.05) is 19.3 Å². The van der Waals surface area contributed by atoms with Gasteiger partial charge in [0.15, 0.2) is 0 Å². The van der Waals surface area contributed by atoms with Crippen molar-refractivity contribution in [1.82, 2.24) is 10.6 Å². The molecule has 0 aromatic carbocycles. The minimum Gasteiger partial charge on any atom is -0.319 e. The molecule has 0 radical (unpaired) electrons. The Morgan fingerprint density at radius 3 is 2.50 bits per heavy atom. The summed E-state index contributed by atoms with van der Waals surface area (Å²) in [5.74, 6) is 1.06. The molecule has 0 bridgehead atoms. The fourth-order valence-corrected chi connectivity index (χ4v) is 2.41. The van der Waals surface area contributed by atoms with Crippen LogP contribution in [0.15, 0.2) is 0 Å². The van der Waals surface area contributed by atoms with Gasteiger partial charge < -0.3 is 10.6 Å². The molecule has 0 unspecified atom stereocenters. The summed E-state index contributed by atoms with van der Waals surface area (Å²) in [7, 11) is 2.06. The molecule has 0 spiro atoms. The second kappa shape index (κ2) is 4.63. The molecule has 0 aromatic rings. The lowest BCUT2D eigenvalue weighted by Gasteiger charge is -2.25. The smallest absolute Gasteiger partial charge is 0.00200 e. The molecule has 2 fully saturated rings. The maximum absolute atomic E-state index is 3.63. The molecule has 2 rings (SSSR count). The third kappa shape index (κ3) is 2.71. The quantitative estimate of drug-likeness (QED) is 0.606. The van der Waals surface area contributed by atoms with Gasteiger partial charge in [-0.15, -0.1) is 0 Å². The van der Waals surface area contributed by atoms with E-state index in [2.05, 4.69) is 17.7 Å². The van der Waals surface area contributed by atoms with Crippen LogP contribution in [-0.4, -0.2) is 26.7 Å². The highest BCUT2D eigenvalue weighted by atomic mass is 14.9. The van der Waals surface area contributed by atoms with E-state index in [-0.39, 0.29) is 0 Å². The van der Waals surface area contributed by atoms with Crippen molar-refractivity contribution in [1.29, 1.82) is 0 Å². The van der Waals surface area contributed by atoms with Crippen molar-refractivity contribution in [3.63, 3.8) is 0 Å². The molecule has 0 aromatic heterocycles. The average molecular weight is 196 g/mol. The predicted molar refractivity (Wildman–Crippen MR) is 60.4 cm³/mol. The molecule has 82 valence electrons. The molecule has 0 saturated heterocycles. The van der Waals surface area contributed by atoms with E-state index in [1.165, 1.54) is 58.2 Å². The first-order chi connectivity index (χ1) is 6.85. The van der Waals surface area contributed by atoms with E-state index < -0.39 is 0 Å². The lowest BCUT2D eigenvalue weighted by Crippen LogP contribution is -2.32. The van der Waals surface area contributed by atoms with Crippen LogP contribution in [0.3, 0.4) is 0 Å². The Morgan fingerprint density at radius 2 is 2.00 bits per heavy atom. The van der Waals surface area contributed by atoms with Crippen molar-refractivity contribution < 1.29 is 0 Å². The molecular weight excluding hydrogens is 172 g/mol. The van der Waals surface area contributed by atoms with Crippen LogP contribution in [0.25, 0.3) is 0 Å². The first kappa shape index (κ1) is 10.4. The first-order valence-electron chi connectivity index (χ1n) is 6.20. The number of rotatable bonds is 7. The lowest BCUT2D eigenvalue weighted by molar-refractivity contribution is 0.288. The summed E-state index contributed by atoms with van der Waals surface area (Å²) >= 11 is 0. The van der Waals surface area contributed by atoms with Gasteiger partial charge >= 0.3 is 0 Å². The van der Waals surface area contributed by atoms with Crippen molar-refractivity contribution in [2.24, 2.45) is 11.3 Å². The highest BCUT2D eigenvalue weighted by Crippen LogP contribution is 2.44. The Bertz CT molecular complexity index is 171. The monoisotopic (exact) mass is 196 g/mol. The molecule has 0 aliphatic heterocycles. The minimum absolute atomic E-state index is 0.633. The van der Waals surface area contributed by atoms with Crippen LogP contribution in [-0.2, 0) is 0 Å². The van der Waals surface area contributed by atoms with E-state index in [4.69, 9.17) is 0 Å². The van der Waals surface area contributed by atoms with Crippen molar-refractivity contribution >= 4 is 0 Å². The topological polar surface area (TPSA) is 24.1 Å².